The maximum Gasteiger partial charge on any atom is 0.158 e. The summed E-state index contributed by atoms with van der Waals surface area (Å²) in [4.78, 5) is 11.9. The molecular formula is C23H32O3. The summed E-state index contributed by atoms with van der Waals surface area (Å²) in [5.41, 5.74) is 1.94. The summed E-state index contributed by atoms with van der Waals surface area (Å²) in [7, 11) is 0. The Morgan fingerprint density at radius 2 is 1.88 bits per heavy atom. The smallest absolute Gasteiger partial charge is 0.158 e. The van der Waals surface area contributed by atoms with Gasteiger partial charge in [0.1, 0.15) is 0 Å². The molecule has 26 heavy (non-hydrogen) atoms. The molecule has 5 aliphatic rings. The van der Waals surface area contributed by atoms with Crippen LogP contribution in [0.4, 0.5) is 0 Å². The van der Waals surface area contributed by atoms with Gasteiger partial charge in [0.05, 0.1) is 13.2 Å². The predicted octanol–water partition coefficient (Wildman–Crippen LogP) is 4.67. The van der Waals surface area contributed by atoms with E-state index < -0.39 is 0 Å². The van der Waals surface area contributed by atoms with Crippen LogP contribution >= 0.6 is 0 Å². The minimum absolute atomic E-state index is 0.0339. The van der Waals surface area contributed by atoms with Crippen molar-refractivity contribution in [3.05, 3.63) is 23.8 Å². The molecule has 1 heterocycles. The molecule has 1 saturated heterocycles. The summed E-state index contributed by atoms with van der Waals surface area (Å²) in [5.74, 6) is 3.21. The molecular weight excluding hydrogens is 324 g/mol. The van der Waals surface area contributed by atoms with Gasteiger partial charge in [0.25, 0.3) is 0 Å². The summed E-state index contributed by atoms with van der Waals surface area (Å²) in [6, 6.07) is 0. The van der Waals surface area contributed by atoms with E-state index in [0.717, 1.165) is 44.3 Å². The molecule has 142 valence electrons. The summed E-state index contributed by atoms with van der Waals surface area (Å²) in [6.45, 7) is 6.50. The summed E-state index contributed by atoms with van der Waals surface area (Å²) >= 11 is 0. The van der Waals surface area contributed by atoms with Gasteiger partial charge in [-0.3, -0.25) is 4.79 Å². The van der Waals surface area contributed by atoms with Gasteiger partial charge in [-0.25, -0.2) is 0 Å². The average molecular weight is 357 g/mol. The Bertz CT molecular complexity index is 658. The highest BCUT2D eigenvalue weighted by atomic mass is 16.7. The first-order valence-corrected chi connectivity index (χ1v) is 10.7. The monoisotopic (exact) mass is 356 g/mol. The van der Waals surface area contributed by atoms with Crippen LogP contribution in [0.15, 0.2) is 23.8 Å². The van der Waals surface area contributed by atoms with Gasteiger partial charge in [-0.05, 0) is 78.3 Å². The second-order valence-corrected chi connectivity index (χ2v) is 9.86. The van der Waals surface area contributed by atoms with E-state index in [1.807, 2.05) is 6.08 Å². The van der Waals surface area contributed by atoms with Crippen molar-refractivity contribution in [2.45, 2.75) is 65.1 Å². The quantitative estimate of drug-likeness (QED) is 0.721. The van der Waals surface area contributed by atoms with Crippen LogP contribution in [0, 0.1) is 34.5 Å². The lowest BCUT2D eigenvalue weighted by molar-refractivity contribution is -0.116. The van der Waals surface area contributed by atoms with Crippen molar-refractivity contribution in [1.82, 2.24) is 0 Å². The van der Waals surface area contributed by atoms with Crippen LogP contribution in [-0.2, 0) is 14.3 Å². The SMILES string of the molecule is CC12CCC3C(C=CC4=CC(=O)CC[C@@]43C)C1CC[C@@H]2CC1OCCO1. The fourth-order valence-electron chi connectivity index (χ4n) is 7.27. The van der Waals surface area contributed by atoms with Gasteiger partial charge in [-0.2, -0.15) is 0 Å². The van der Waals surface area contributed by atoms with Crippen molar-refractivity contribution in [3.8, 4) is 0 Å². The molecule has 4 aliphatic carbocycles. The number of fused-ring (bicyclic) bond motifs is 5. The second kappa shape index (κ2) is 6.04. The van der Waals surface area contributed by atoms with Crippen LogP contribution in [0.1, 0.15) is 58.8 Å². The summed E-state index contributed by atoms with van der Waals surface area (Å²) in [5, 5.41) is 0. The minimum atomic E-state index is 0.0339. The second-order valence-electron chi connectivity index (χ2n) is 9.86. The van der Waals surface area contributed by atoms with Crippen molar-refractivity contribution in [1.29, 1.82) is 0 Å². The Morgan fingerprint density at radius 3 is 2.69 bits per heavy atom. The Morgan fingerprint density at radius 1 is 1.08 bits per heavy atom. The number of allylic oxidation sites excluding steroid dienone is 4. The Labute approximate surface area is 157 Å². The van der Waals surface area contributed by atoms with Crippen LogP contribution in [0.5, 0.6) is 0 Å². The highest BCUT2D eigenvalue weighted by Gasteiger charge is 2.58. The molecule has 3 fully saturated rings. The molecule has 0 bridgehead atoms. The third kappa shape index (κ3) is 2.43. The first kappa shape index (κ1) is 17.2. The largest absolute Gasteiger partial charge is 0.350 e. The van der Waals surface area contributed by atoms with Crippen LogP contribution < -0.4 is 0 Å². The van der Waals surface area contributed by atoms with E-state index in [2.05, 4.69) is 26.0 Å². The van der Waals surface area contributed by atoms with E-state index >= 15 is 0 Å². The van der Waals surface area contributed by atoms with Gasteiger partial charge >= 0.3 is 0 Å². The van der Waals surface area contributed by atoms with Crippen molar-refractivity contribution in [3.63, 3.8) is 0 Å². The van der Waals surface area contributed by atoms with E-state index in [-0.39, 0.29) is 11.7 Å². The number of hydrogen-bond acceptors (Lipinski definition) is 3. The maximum atomic E-state index is 11.9. The van der Waals surface area contributed by atoms with Crippen molar-refractivity contribution < 1.29 is 14.3 Å². The van der Waals surface area contributed by atoms with E-state index in [9.17, 15) is 4.79 Å². The summed E-state index contributed by atoms with van der Waals surface area (Å²) < 4.78 is 11.5. The molecule has 3 heteroatoms. The van der Waals surface area contributed by atoms with E-state index in [4.69, 9.17) is 9.47 Å². The fourth-order valence-corrected chi connectivity index (χ4v) is 7.27. The fraction of sp³-hybridized carbons (Fsp3) is 0.783. The highest BCUT2D eigenvalue weighted by Crippen LogP contribution is 2.65. The van der Waals surface area contributed by atoms with Gasteiger partial charge in [-0.15, -0.1) is 0 Å². The predicted molar refractivity (Wildman–Crippen MR) is 100 cm³/mol. The molecule has 0 aromatic carbocycles. The number of ketones is 1. The minimum Gasteiger partial charge on any atom is -0.350 e. The topological polar surface area (TPSA) is 35.5 Å². The highest BCUT2D eigenvalue weighted by molar-refractivity contribution is 5.92. The number of hydrogen-bond donors (Lipinski definition) is 0. The molecule has 0 aromatic rings. The van der Waals surface area contributed by atoms with Crippen LogP contribution in [0.2, 0.25) is 0 Å². The molecule has 1 aliphatic heterocycles. The normalized spacial score (nSPS) is 48.1. The average Bonchev–Trinajstić information content (AvgIpc) is 3.24. The molecule has 0 N–H and O–H groups in total. The van der Waals surface area contributed by atoms with E-state index in [0.29, 0.717) is 23.0 Å². The Hall–Kier alpha value is -0.930. The molecule has 0 spiro atoms. The molecule has 2 saturated carbocycles. The van der Waals surface area contributed by atoms with Crippen LogP contribution in [-0.4, -0.2) is 25.3 Å². The van der Waals surface area contributed by atoms with Crippen LogP contribution in [0.3, 0.4) is 0 Å². The van der Waals surface area contributed by atoms with Gasteiger partial charge < -0.3 is 9.47 Å². The van der Waals surface area contributed by atoms with Crippen LogP contribution in [0.25, 0.3) is 0 Å². The molecule has 0 radical (unpaired) electrons. The first-order valence-electron chi connectivity index (χ1n) is 10.7. The third-order valence-electron chi connectivity index (χ3n) is 8.88. The number of carbonyl (C=O) groups is 1. The van der Waals surface area contributed by atoms with E-state index in [1.54, 1.807) is 0 Å². The van der Waals surface area contributed by atoms with Crippen molar-refractivity contribution >= 4 is 5.78 Å². The van der Waals surface area contributed by atoms with Gasteiger partial charge in [-0.1, -0.05) is 26.0 Å². The number of rotatable bonds is 2. The van der Waals surface area contributed by atoms with Crippen molar-refractivity contribution in [2.75, 3.05) is 13.2 Å². The van der Waals surface area contributed by atoms with Gasteiger partial charge in [0, 0.05) is 12.8 Å². The zero-order valence-electron chi connectivity index (χ0n) is 16.2. The molecule has 4 unspecified atom stereocenters. The molecule has 5 rings (SSSR count). The zero-order valence-corrected chi connectivity index (χ0v) is 16.2. The van der Waals surface area contributed by atoms with Gasteiger partial charge in [0.2, 0.25) is 0 Å². The maximum absolute atomic E-state index is 11.9. The third-order valence-corrected chi connectivity index (χ3v) is 8.88. The lowest BCUT2D eigenvalue weighted by Gasteiger charge is -2.56. The Balaban J connectivity index is 1.41. The van der Waals surface area contributed by atoms with Crippen molar-refractivity contribution in [2.24, 2.45) is 34.5 Å². The Kier molecular flexibility index (Phi) is 3.99. The first-order chi connectivity index (χ1) is 12.5. The number of ether oxygens (including phenoxy) is 2. The lowest BCUT2D eigenvalue weighted by atomic mass is 9.48. The van der Waals surface area contributed by atoms with E-state index in [1.165, 1.54) is 31.3 Å². The summed E-state index contributed by atoms with van der Waals surface area (Å²) in [6.07, 6.45) is 14.9. The zero-order chi connectivity index (χ0) is 17.9. The molecule has 3 nitrogen and oxygen atoms in total. The molecule has 0 amide bonds. The molecule has 6 atom stereocenters. The standard InChI is InChI=1S/C23H32O3/c1-22-9-7-17(24)13-15(22)3-5-18-19-6-4-16(14-21-25-11-12-26-21)23(19,2)10-8-20(18)22/h3,5,13,16,18-21H,4,6-12,14H2,1-2H3/t16-,18?,19?,20?,22+,23?/m1/s1. The van der Waals surface area contributed by atoms with Gasteiger partial charge in [0.15, 0.2) is 12.1 Å². The molecule has 0 aromatic heterocycles. The lowest BCUT2D eigenvalue weighted by Crippen LogP contribution is -2.49. The number of carbonyl (C=O) groups excluding carboxylic acids is 1.